The van der Waals surface area contributed by atoms with Gasteiger partial charge in [0.05, 0.1) is 18.2 Å². The number of aryl methyl sites for hydroxylation is 1. The quantitative estimate of drug-likeness (QED) is 0.772. The molecule has 1 N–H and O–H groups in total. The number of piperazine rings is 1. The van der Waals surface area contributed by atoms with Crippen molar-refractivity contribution >= 4 is 22.9 Å². The summed E-state index contributed by atoms with van der Waals surface area (Å²) >= 11 is 0. The molecule has 0 radical (unpaired) electrons. The summed E-state index contributed by atoms with van der Waals surface area (Å²) in [7, 11) is 1.59. The topological polar surface area (TPSA) is 125 Å². The number of anilines is 1. The number of amides is 1. The summed E-state index contributed by atoms with van der Waals surface area (Å²) in [5.41, 5.74) is 0.0208. The van der Waals surface area contributed by atoms with Crippen LogP contribution in [0.25, 0.3) is 11.0 Å². The van der Waals surface area contributed by atoms with Crippen molar-refractivity contribution in [3.05, 3.63) is 28.3 Å². The van der Waals surface area contributed by atoms with E-state index in [-0.39, 0.29) is 24.9 Å². The number of carbonyl (C=O) groups is 1. The number of fused-ring (bicyclic) bond motifs is 1. The Morgan fingerprint density at radius 3 is 2.63 bits per heavy atom. The number of aliphatic hydroxyl groups excluding tert-OH is 1. The molecule has 160 valence electrons. The van der Waals surface area contributed by atoms with Crippen molar-refractivity contribution < 1.29 is 14.6 Å². The molecule has 1 aliphatic rings. The van der Waals surface area contributed by atoms with E-state index in [1.54, 1.807) is 43.7 Å². The summed E-state index contributed by atoms with van der Waals surface area (Å²) in [5, 5.41) is 19.3. The van der Waals surface area contributed by atoms with Gasteiger partial charge in [0.25, 0.3) is 0 Å². The maximum atomic E-state index is 12.6. The number of pyridine rings is 1. The fourth-order valence-electron chi connectivity index (χ4n) is 3.50. The fourth-order valence-corrected chi connectivity index (χ4v) is 3.50. The maximum absolute atomic E-state index is 12.6. The van der Waals surface area contributed by atoms with Crippen molar-refractivity contribution in [1.82, 2.24) is 19.4 Å². The highest BCUT2D eigenvalue weighted by Gasteiger charge is 2.37. The van der Waals surface area contributed by atoms with Crippen LogP contribution in [0.5, 0.6) is 0 Å². The average molecular weight is 414 g/mol. The van der Waals surface area contributed by atoms with Crippen LogP contribution in [0.4, 0.5) is 10.6 Å². The van der Waals surface area contributed by atoms with Crippen molar-refractivity contribution in [2.75, 3.05) is 24.6 Å². The number of rotatable bonds is 2. The van der Waals surface area contributed by atoms with Crippen LogP contribution in [-0.2, 0) is 11.8 Å². The highest BCUT2D eigenvalue weighted by Crippen LogP contribution is 2.27. The van der Waals surface area contributed by atoms with E-state index in [1.807, 2.05) is 13.0 Å². The lowest BCUT2D eigenvalue weighted by molar-refractivity contribution is 0.0103. The lowest BCUT2D eigenvalue weighted by atomic mass is 10.1. The molecule has 2 aromatic rings. The Morgan fingerprint density at radius 2 is 2.03 bits per heavy atom. The number of nitriles is 1. The van der Waals surface area contributed by atoms with E-state index in [2.05, 4.69) is 9.97 Å². The first-order chi connectivity index (χ1) is 14.1. The first kappa shape index (κ1) is 21.5. The van der Waals surface area contributed by atoms with Gasteiger partial charge in [-0.25, -0.2) is 14.6 Å². The van der Waals surface area contributed by atoms with Gasteiger partial charge in [-0.1, -0.05) is 0 Å². The zero-order valence-electron chi connectivity index (χ0n) is 17.8. The van der Waals surface area contributed by atoms with E-state index in [9.17, 15) is 20.0 Å². The molecule has 2 atom stereocenters. The van der Waals surface area contributed by atoms with Crippen LogP contribution >= 0.6 is 0 Å². The van der Waals surface area contributed by atoms with E-state index in [1.165, 1.54) is 10.6 Å². The minimum Gasteiger partial charge on any atom is -0.444 e. The second-order valence-corrected chi connectivity index (χ2v) is 8.42. The average Bonchev–Trinajstić information content (AvgIpc) is 2.68. The van der Waals surface area contributed by atoms with Crippen molar-refractivity contribution in [1.29, 1.82) is 5.26 Å². The SMILES string of the molecule is C[C@@H]1CN(c2nc(=O)n(C)c3ccc(C#N)nc23)[C@@H](CO)CN1C(=O)OC(C)(C)C. The molecule has 0 aromatic carbocycles. The Bertz CT molecular complexity index is 1070. The van der Waals surface area contributed by atoms with Crippen LogP contribution in [0.15, 0.2) is 16.9 Å². The molecular weight excluding hydrogens is 388 g/mol. The second kappa shape index (κ2) is 7.91. The molecule has 1 fully saturated rings. The second-order valence-electron chi connectivity index (χ2n) is 8.42. The van der Waals surface area contributed by atoms with Gasteiger partial charge in [0.2, 0.25) is 0 Å². The molecule has 0 unspecified atom stereocenters. The van der Waals surface area contributed by atoms with Crippen LogP contribution in [0.3, 0.4) is 0 Å². The molecule has 30 heavy (non-hydrogen) atoms. The molecule has 3 heterocycles. The number of hydrogen-bond donors (Lipinski definition) is 1. The van der Waals surface area contributed by atoms with Gasteiger partial charge in [0.1, 0.15) is 22.9 Å². The molecule has 1 aliphatic heterocycles. The third-order valence-electron chi connectivity index (χ3n) is 5.00. The summed E-state index contributed by atoms with van der Waals surface area (Å²) < 4.78 is 6.85. The summed E-state index contributed by atoms with van der Waals surface area (Å²) in [6.07, 6.45) is -0.459. The molecule has 2 aromatic heterocycles. The first-order valence-electron chi connectivity index (χ1n) is 9.70. The monoisotopic (exact) mass is 414 g/mol. The maximum Gasteiger partial charge on any atom is 0.410 e. The molecule has 1 saturated heterocycles. The molecule has 0 saturated carbocycles. The Balaban J connectivity index is 2.03. The van der Waals surface area contributed by atoms with Gasteiger partial charge in [-0.05, 0) is 39.8 Å². The molecule has 0 bridgehead atoms. The summed E-state index contributed by atoms with van der Waals surface area (Å²) in [5.74, 6) is 0.292. The van der Waals surface area contributed by atoms with Gasteiger partial charge in [0.15, 0.2) is 5.82 Å². The normalized spacial score (nSPS) is 19.6. The molecule has 3 rings (SSSR count). The summed E-state index contributed by atoms with van der Waals surface area (Å²) in [6.45, 7) is 7.50. The molecule has 10 nitrogen and oxygen atoms in total. The van der Waals surface area contributed by atoms with Crippen LogP contribution in [0.1, 0.15) is 33.4 Å². The number of aliphatic hydroxyl groups is 1. The Hall–Kier alpha value is -3.19. The van der Waals surface area contributed by atoms with Crippen molar-refractivity contribution in [3.8, 4) is 6.07 Å². The smallest absolute Gasteiger partial charge is 0.410 e. The van der Waals surface area contributed by atoms with Crippen molar-refractivity contribution in [3.63, 3.8) is 0 Å². The highest BCUT2D eigenvalue weighted by atomic mass is 16.6. The number of carbonyl (C=O) groups excluding carboxylic acids is 1. The molecule has 1 amide bonds. The molecule has 10 heteroatoms. The van der Waals surface area contributed by atoms with Crippen LogP contribution in [0, 0.1) is 11.3 Å². The molecule has 0 spiro atoms. The van der Waals surface area contributed by atoms with E-state index >= 15 is 0 Å². The molecule has 0 aliphatic carbocycles. The van der Waals surface area contributed by atoms with E-state index < -0.39 is 23.4 Å². The Morgan fingerprint density at radius 1 is 1.33 bits per heavy atom. The van der Waals surface area contributed by atoms with Gasteiger partial charge in [-0.15, -0.1) is 0 Å². The van der Waals surface area contributed by atoms with Crippen molar-refractivity contribution in [2.45, 2.75) is 45.4 Å². The largest absolute Gasteiger partial charge is 0.444 e. The third kappa shape index (κ3) is 4.07. The van der Waals surface area contributed by atoms with Crippen LogP contribution in [-0.4, -0.2) is 68.0 Å². The van der Waals surface area contributed by atoms with Crippen LogP contribution < -0.4 is 10.6 Å². The zero-order chi connectivity index (χ0) is 22.2. The number of hydrogen-bond acceptors (Lipinski definition) is 8. The number of ether oxygens (including phenoxy) is 1. The van der Waals surface area contributed by atoms with Crippen molar-refractivity contribution in [2.24, 2.45) is 7.05 Å². The van der Waals surface area contributed by atoms with E-state index in [0.29, 0.717) is 23.4 Å². The van der Waals surface area contributed by atoms with Gasteiger partial charge >= 0.3 is 11.8 Å². The lowest BCUT2D eigenvalue weighted by Crippen LogP contribution is -2.61. The minimum absolute atomic E-state index is 0.197. The van der Waals surface area contributed by atoms with Gasteiger partial charge in [0, 0.05) is 26.2 Å². The van der Waals surface area contributed by atoms with E-state index in [0.717, 1.165) is 0 Å². The Labute approximate surface area is 174 Å². The summed E-state index contributed by atoms with van der Waals surface area (Å²) in [4.78, 5) is 36.9. The van der Waals surface area contributed by atoms with Gasteiger partial charge < -0.3 is 19.6 Å². The van der Waals surface area contributed by atoms with E-state index in [4.69, 9.17) is 4.74 Å². The first-order valence-corrected chi connectivity index (χ1v) is 9.70. The molecular formula is C20H26N6O4. The number of aromatic nitrogens is 3. The predicted octanol–water partition coefficient (Wildman–Crippen LogP) is 1.01. The van der Waals surface area contributed by atoms with Crippen LogP contribution in [0.2, 0.25) is 0 Å². The highest BCUT2D eigenvalue weighted by molar-refractivity contribution is 5.86. The zero-order valence-corrected chi connectivity index (χ0v) is 17.8. The predicted molar refractivity (Wildman–Crippen MR) is 110 cm³/mol. The standard InChI is InChI=1S/C20H26N6O4/c1-12-9-26(14(11-27)10-25(12)19(29)30-20(2,3)4)17-16-15(24(5)18(28)23-17)7-6-13(8-21)22-16/h6-7,12,14,27H,9-11H2,1-5H3/t12-,14-/m1/s1. The lowest BCUT2D eigenvalue weighted by Gasteiger charge is -2.45. The minimum atomic E-state index is -0.635. The fraction of sp³-hybridized carbons (Fsp3) is 0.550. The third-order valence-corrected chi connectivity index (χ3v) is 5.00. The summed E-state index contributed by atoms with van der Waals surface area (Å²) in [6, 6.07) is 4.42. The Kier molecular flexibility index (Phi) is 5.67. The van der Waals surface area contributed by atoms with Gasteiger partial charge in [-0.3, -0.25) is 4.57 Å². The van der Waals surface area contributed by atoms with Gasteiger partial charge in [-0.2, -0.15) is 10.2 Å². The number of nitrogens with zero attached hydrogens (tertiary/aromatic N) is 6.